The molecule has 0 aromatic carbocycles. The summed E-state index contributed by atoms with van der Waals surface area (Å²) < 4.78 is 11.0. The molecule has 0 saturated carbocycles. The zero-order chi connectivity index (χ0) is 21.0. The molecule has 0 aliphatic rings. The highest BCUT2D eigenvalue weighted by atomic mass is 16.5. The molecule has 0 spiro atoms. The van der Waals surface area contributed by atoms with Gasteiger partial charge in [0.15, 0.2) is 0 Å². The molecule has 28 heavy (non-hydrogen) atoms. The van der Waals surface area contributed by atoms with Crippen LogP contribution < -0.4 is 0 Å². The van der Waals surface area contributed by atoms with Crippen molar-refractivity contribution < 1.29 is 19.1 Å². The van der Waals surface area contributed by atoms with Gasteiger partial charge in [0, 0.05) is 11.1 Å². The fourth-order valence-electron chi connectivity index (χ4n) is 3.00. The molecule has 0 fully saturated rings. The lowest BCUT2D eigenvalue weighted by atomic mass is 9.96. The number of esters is 2. The van der Waals surface area contributed by atoms with E-state index in [1.807, 2.05) is 0 Å². The minimum absolute atomic E-state index is 0.317. The highest BCUT2D eigenvalue weighted by Gasteiger charge is 2.23. The van der Waals surface area contributed by atoms with Crippen LogP contribution in [0, 0.1) is 0 Å². The Bertz CT molecular complexity index is 440. The lowest BCUT2D eigenvalue weighted by molar-refractivity contribution is -0.142. The van der Waals surface area contributed by atoms with E-state index in [0.29, 0.717) is 37.2 Å². The number of carbonyl (C=O) groups excluding carboxylic acids is 2. The van der Waals surface area contributed by atoms with Crippen LogP contribution in [0.25, 0.3) is 0 Å². The maximum absolute atomic E-state index is 12.8. The number of hydrogen-bond donors (Lipinski definition) is 0. The van der Waals surface area contributed by atoms with Gasteiger partial charge in [-0.3, -0.25) is 0 Å². The molecular weight excluding hydrogens is 352 g/mol. The van der Waals surface area contributed by atoms with E-state index < -0.39 is 0 Å². The van der Waals surface area contributed by atoms with Crippen LogP contribution in [-0.4, -0.2) is 25.2 Å². The van der Waals surface area contributed by atoms with Gasteiger partial charge in [-0.15, -0.1) is 0 Å². The van der Waals surface area contributed by atoms with Crippen LogP contribution in [0.4, 0.5) is 0 Å². The van der Waals surface area contributed by atoms with Crippen molar-refractivity contribution in [1.29, 1.82) is 0 Å². The van der Waals surface area contributed by atoms with E-state index in [2.05, 4.69) is 27.7 Å². The Hall–Kier alpha value is -1.32. The smallest absolute Gasteiger partial charge is 0.334 e. The zero-order valence-corrected chi connectivity index (χ0v) is 18.9. The first-order chi connectivity index (χ1) is 13.6. The number of unbranched alkanes of at least 4 members (excludes halogenated alkanes) is 8. The van der Waals surface area contributed by atoms with E-state index in [1.165, 1.54) is 19.3 Å². The second-order valence-corrected chi connectivity index (χ2v) is 7.56. The van der Waals surface area contributed by atoms with Crippen molar-refractivity contribution in [2.75, 3.05) is 13.2 Å². The average molecular weight is 397 g/mol. The molecule has 0 N–H and O–H groups in total. The summed E-state index contributed by atoms with van der Waals surface area (Å²) in [5.41, 5.74) is 1.12. The van der Waals surface area contributed by atoms with E-state index in [1.54, 1.807) is 0 Å². The molecular formula is C24H44O4. The van der Waals surface area contributed by atoms with Gasteiger partial charge in [0.05, 0.1) is 13.2 Å². The van der Waals surface area contributed by atoms with Crippen molar-refractivity contribution in [3.05, 3.63) is 11.1 Å². The summed E-state index contributed by atoms with van der Waals surface area (Å²) in [6.07, 6.45) is 13.4. The molecule has 0 heterocycles. The number of carbonyl (C=O) groups is 2. The quantitative estimate of drug-likeness (QED) is 0.143. The molecule has 164 valence electrons. The van der Waals surface area contributed by atoms with Crippen LogP contribution in [0.3, 0.4) is 0 Å². The highest BCUT2D eigenvalue weighted by molar-refractivity contribution is 6.00. The normalized spacial score (nSPS) is 11.9. The van der Waals surface area contributed by atoms with Crippen molar-refractivity contribution in [2.24, 2.45) is 0 Å². The summed E-state index contributed by atoms with van der Waals surface area (Å²) in [7, 11) is 0. The van der Waals surface area contributed by atoms with Gasteiger partial charge in [0.1, 0.15) is 0 Å². The van der Waals surface area contributed by atoms with Crippen LogP contribution in [0.5, 0.6) is 0 Å². The standard InChI is InChI=1S/C24H44O4/c1-5-9-13-14-16-18-22(24(26)28-20-12-8-4)21(17-15-10-6-2)23(25)27-19-11-7-3/h5-20H2,1-4H3/b22-21-. The predicted octanol–water partition coefficient (Wildman–Crippen LogP) is 6.91. The molecule has 0 bridgehead atoms. The number of ether oxygens (including phenoxy) is 2. The maximum Gasteiger partial charge on any atom is 0.334 e. The van der Waals surface area contributed by atoms with E-state index in [9.17, 15) is 9.59 Å². The van der Waals surface area contributed by atoms with Gasteiger partial charge in [-0.1, -0.05) is 79.1 Å². The Kier molecular flexibility index (Phi) is 18.1. The topological polar surface area (TPSA) is 52.6 Å². The molecule has 4 heteroatoms. The molecule has 4 nitrogen and oxygen atoms in total. The molecule has 0 atom stereocenters. The van der Waals surface area contributed by atoms with Gasteiger partial charge >= 0.3 is 11.9 Å². The molecule has 0 aliphatic carbocycles. The van der Waals surface area contributed by atoms with Gasteiger partial charge < -0.3 is 9.47 Å². The highest BCUT2D eigenvalue weighted by Crippen LogP contribution is 2.23. The van der Waals surface area contributed by atoms with E-state index >= 15 is 0 Å². The van der Waals surface area contributed by atoms with Crippen LogP contribution >= 0.6 is 0 Å². The minimum atomic E-state index is -0.319. The Morgan fingerprint density at radius 2 is 0.857 bits per heavy atom. The average Bonchev–Trinajstić information content (AvgIpc) is 2.69. The molecule has 0 rings (SSSR count). The summed E-state index contributed by atoms with van der Waals surface area (Å²) in [6.45, 7) is 9.30. The first-order valence-electron chi connectivity index (χ1n) is 11.7. The predicted molar refractivity (Wildman–Crippen MR) is 116 cm³/mol. The van der Waals surface area contributed by atoms with Crippen molar-refractivity contribution in [3.63, 3.8) is 0 Å². The molecule has 0 aromatic heterocycles. The van der Waals surface area contributed by atoms with Crippen LogP contribution in [0.2, 0.25) is 0 Å². The van der Waals surface area contributed by atoms with E-state index in [-0.39, 0.29) is 11.9 Å². The summed E-state index contributed by atoms with van der Waals surface area (Å²) in [4.78, 5) is 25.5. The second-order valence-electron chi connectivity index (χ2n) is 7.56. The van der Waals surface area contributed by atoms with Gasteiger partial charge in [-0.25, -0.2) is 9.59 Å². The lowest BCUT2D eigenvalue weighted by Gasteiger charge is -2.15. The third-order valence-corrected chi connectivity index (χ3v) is 4.88. The molecule has 0 aromatic rings. The Labute approximate surface area is 173 Å². The summed E-state index contributed by atoms with van der Waals surface area (Å²) in [6, 6.07) is 0. The van der Waals surface area contributed by atoms with Crippen molar-refractivity contribution >= 4 is 11.9 Å². The first kappa shape index (κ1) is 26.7. The fourth-order valence-corrected chi connectivity index (χ4v) is 3.00. The Morgan fingerprint density at radius 1 is 0.500 bits per heavy atom. The molecule has 0 radical (unpaired) electrons. The number of hydrogen-bond acceptors (Lipinski definition) is 4. The van der Waals surface area contributed by atoms with Crippen molar-refractivity contribution in [3.8, 4) is 0 Å². The van der Waals surface area contributed by atoms with Crippen molar-refractivity contribution in [1.82, 2.24) is 0 Å². The molecule has 0 amide bonds. The summed E-state index contributed by atoms with van der Waals surface area (Å²) >= 11 is 0. The number of rotatable bonds is 18. The minimum Gasteiger partial charge on any atom is -0.462 e. The van der Waals surface area contributed by atoms with Gasteiger partial charge in [-0.05, 0) is 38.5 Å². The fraction of sp³-hybridized carbons (Fsp3) is 0.833. The van der Waals surface area contributed by atoms with Crippen molar-refractivity contribution in [2.45, 2.75) is 118 Å². The largest absolute Gasteiger partial charge is 0.462 e. The zero-order valence-electron chi connectivity index (χ0n) is 18.9. The summed E-state index contributed by atoms with van der Waals surface area (Å²) in [5.74, 6) is -0.636. The van der Waals surface area contributed by atoms with Gasteiger partial charge in [-0.2, -0.15) is 0 Å². The third kappa shape index (κ3) is 13.0. The SMILES string of the molecule is CCCCCCC/C(C(=O)OCCCC)=C(\CCCCC)C(=O)OCCCC. The lowest BCUT2D eigenvalue weighted by Crippen LogP contribution is -2.18. The second kappa shape index (κ2) is 19.0. The monoisotopic (exact) mass is 396 g/mol. The van der Waals surface area contributed by atoms with Gasteiger partial charge in [0.25, 0.3) is 0 Å². The Balaban J connectivity index is 5.30. The third-order valence-electron chi connectivity index (χ3n) is 4.88. The Morgan fingerprint density at radius 3 is 1.29 bits per heavy atom. The maximum atomic E-state index is 12.8. The van der Waals surface area contributed by atoms with Crippen LogP contribution in [0.1, 0.15) is 118 Å². The van der Waals surface area contributed by atoms with E-state index in [0.717, 1.165) is 57.8 Å². The molecule has 0 saturated heterocycles. The molecule has 0 aliphatic heterocycles. The van der Waals surface area contributed by atoms with E-state index in [4.69, 9.17) is 9.47 Å². The van der Waals surface area contributed by atoms with Crippen LogP contribution in [-0.2, 0) is 19.1 Å². The van der Waals surface area contributed by atoms with Crippen LogP contribution in [0.15, 0.2) is 11.1 Å². The summed E-state index contributed by atoms with van der Waals surface area (Å²) in [5, 5.41) is 0. The van der Waals surface area contributed by atoms with Gasteiger partial charge in [0.2, 0.25) is 0 Å². The first-order valence-corrected chi connectivity index (χ1v) is 11.7. The molecule has 0 unspecified atom stereocenters.